The summed E-state index contributed by atoms with van der Waals surface area (Å²) in [6.07, 6.45) is 5.65. The molecule has 1 rings (SSSR count). The lowest BCUT2D eigenvalue weighted by molar-refractivity contribution is -0.139. The molecule has 17 heavy (non-hydrogen) atoms. The Balaban J connectivity index is 2.42. The van der Waals surface area contributed by atoms with Gasteiger partial charge < -0.3 is 20.5 Å². The maximum Gasteiger partial charge on any atom is 0.327 e. The van der Waals surface area contributed by atoms with Crippen LogP contribution in [0, 0.1) is 12.3 Å². The highest BCUT2D eigenvalue weighted by Gasteiger charge is 2.27. The molecule has 2 amide bonds. The van der Waals surface area contributed by atoms with Gasteiger partial charge in [0, 0.05) is 13.0 Å². The lowest BCUT2D eigenvalue weighted by Crippen LogP contribution is -2.50. The van der Waals surface area contributed by atoms with Crippen LogP contribution in [0.15, 0.2) is 0 Å². The molecule has 94 valence electrons. The Morgan fingerprint density at radius 3 is 2.82 bits per heavy atom. The minimum Gasteiger partial charge on any atom is -0.480 e. The van der Waals surface area contributed by atoms with Gasteiger partial charge in [-0.05, 0) is 13.3 Å². The predicted molar refractivity (Wildman–Crippen MR) is 60.4 cm³/mol. The Bertz CT molecular complexity index is 337. The van der Waals surface area contributed by atoms with E-state index in [9.17, 15) is 9.59 Å². The number of hydrogen-bond donors (Lipinski definition) is 3. The number of nitrogens with one attached hydrogen (secondary N) is 2. The molecule has 1 heterocycles. The first-order valence-electron chi connectivity index (χ1n) is 5.39. The molecular formula is C11H16N2O4. The van der Waals surface area contributed by atoms with Gasteiger partial charge in [0.2, 0.25) is 0 Å². The second kappa shape index (κ2) is 6.11. The number of carboxylic acids is 1. The van der Waals surface area contributed by atoms with Crippen LogP contribution in [-0.2, 0) is 9.53 Å². The van der Waals surface area contributed by atoms with E-state index in [1.54, 1.807) is 0 Å². The smallest absolute Gasteiger partial charge is 0.327 e. The van der Waals surface area contributed by atoms with Gasteiger partial charge in [-0.3, -0.25) is 0 Å². The van der Waals surface area contributed by atoms with Crippen molar-refractivity contribution in [2.45, 2.75) is 38.0 Å². The Morgan fingerprint density at radius 2 is 2.35 bits per heavy atom. The van der Waals surface area contributed by atoms with Crippen molar-refractivity contribution in [3.05, 3.63) is 0 Å². The average Bonchev–Trinajstić information content (AvgIpc) is 2.63. The quantitative estimate of drug-likeness (QED) is 0.601. The van der Waals surface area contributed by atoms with Crippen LogP contribution in [0.5, 0.6) is 0 Å². The summed E-state index contributed by atoms with van der Waals surface area (Å²) in [5, 5.41) is 13.8. The van der Waals surface area contributed by atoms with Gasteiger partial charge in [-0.15, -0.1) is 12.3 Å². The molecule has 0 aromatic carbocycles. The maximum atomic E-state index is 11.5. The molecule has 0 aromatic heterocycles. The molecule has 6 heteroatoms. The number of terminal acetylenes is 1. The number of carbonyl (C=O) groups is 2. The average molecular weight is 240 g/mol. The Kier molecular flexibility index (Phi) is 4.79. The van der Waals surface area contributed by atoms with Gasteiger partial charge in [-0.1, -0.05) is 0 Å². The van der Waals surface area contributed by atoms with Crippen molar-refractivity contribution in [3.8, 4) is 12.3 Å². The molecule has 3 N–H and O–H groups in total. The number of urea groups is 1. The highest BCUT2D eigenvalue weighted by molar-refractivity contribution is 5.82. The van der Waals surface area contributed by atoms with E-state index < -0.39 is 18.0 Å². The van der Waals surface area contributed by atoms with E-state index in [1.807, 2.05) is 6.92 Å². The SMILES string of the molecule is C#CCC(NC(=O)NC1CCOC1C)C(=O)O. The summed E-state index contributed by atoms with van der Waals surface area (Å²) in [5.74, 6) is 1.06. The second-order valence-electron chi connectivity index (χ2n) is 3.89. The van der Waals surface area contributed by atoms with Gasteiger partial charge >= 0.3 is 12.0 Å². The largest absolute Gasteiger partial charge is 0.480 e. The number of amides is 2. The van der Waals surface area contributed by atoms with E-state index in [1.165, 1.54) is 0 Å². The Hall–Kier alpha value is -1.74. The van der Waals surface area contributed by atoms with E-state index in [0.717, 1.165) is 6.42 Å². The van der Waals surface area contributed by atoms with Crippen LogP contribution in [0.25, 0.3) is 0 Å². The molecule has 1 aliphatic heterocycles. The van der Waals surface area contributed by atoms with Crippen LogP contribution >= 0.6 is 0 Å². The molecule has 0 aromatic rings. The number of carbonyl (C=O) groups excluding carboxylic acids is 1. The minimum atomic E-state index is -1.14. The predicted octanol–water partition coefficient (Wildman–Crippen LogP) is -0.0605. The molecule has 1 saturated heterocycles. The Morgan fingerprint density at radius 1 is 1.65 bits per heavy atom. The molecule has 3 atom stereocenters. The third kappa shape index (κ3) is 3.96. The normalized spacial score (nSPS) is 24.7. The lowest BCUT2D eigenvalue weighted by Gasteiger charge is -2.18. The van der Waals surface area contributed by atoms with Crippen molar-refractivity contribution < 1.29 is 19.4 Å². The molecular weight excluding hydrogens is 224 g/mol. The zero-order valence-corrected chi connectivity index (χ0v) is 9.60. The van der Waals surface area contributed by atoms with E-state index in [-0.39, 0.29) is 18.6 Å². The summed E-state index contributed by atoms with van der Waals surface area (Å²) in [7, 11) is 0. The zero-order chi connectivity index (χ0) is 12.8. The van der Waals surface area contributed by atoms with Crippen LogP contribution in [0.1, 0.15) is 19.8 Å². The van der Waals surface area contributed by atoms with Crippen LogP contribution in [0.2, 0.25) is 0 Å². The van der Waals surface area contributed by atoms with Crippen molar-refractivity contribution in [1.82, 2.24) is 10.6 Å². The summed E-state index contributed by atoms with van der Waals surface area (Å²) in [5.41, 5.74) is 0. The van der Waals surface area contributed by atoms with Gasteiger partial charge in [-0.25, -0.2) is 9.59 Å². The number of carboxylic acid groups (broad SMARTS) is 1. The van der Waals surface area contributed by atoms with E-state index in [4.69, 9.17) is 16.3 Å². The van der Waals surface area contributed by atoms with Crippen LogP contribution < -0.4 is 10.6 Å². The lowest BCUT2D eigenvalue weighted by atomic mass is 10.1. The highest BCUT2D eigenvalue weighted by atomic mass is 16.5. The third-order valence-corrected chi connectivity index (χ3v) is 2.62. The summed E-state index contributed by atoms with van der Waals surface area (Å²) >= 11 is 0. The fraction of sp³-hybridized carbons (Fsp3) is 0.636. The number of ether oxygens (including phenoxy) is 1. The van der Waals surface area contributed by atoms with E-state index in [0.29, 0.717) is 6.61 Å². The summed E-state index contributed by atoms with van der Waals surface area (Å²) in [4.78, 5) is 22.3. The summed E-state index contributed by atoms with van der Waals surface area (Å²) < 4.78 is 5.28. The van der Waals surface area contributed by atoms with Gasteiger partial charge in [0.25, 0.3) is 0 Å². The van der Waals surface area contributed by atoms with Gasteiger partial charge in [-0.2, -0.15) is 0 Å². The van der Waals surface area contributed by atoms with Crippen LogP contribution in [0.4, 0.5) is 4.79 Å². The molecule has 1 fully saturated rings. The second-order valence-corrected chi connectivity index (χ2v) is 3.89. The number of aliphatic carboxylic acids is 1. The molecule has 3 unspecified atom stereocenters. The first kappa shape index (κ1) is 13.3. The van der Waals surface area contributed by atoms with Crippen molar-refractivity contribution >= 4 is 12.0 Å². The van der Waals surface area contributed by atoms with E-state index >= 15 is 0 Å². The molecule has 0 spiro atoms. The van der Waals surface area contributed by atoms with Crippen molar-refractivity contribution in [2.24, 2.45) is 0 Å². The molecule has 0 saturated carbocycles. The number of rotatable bonds is 4. The Labute approximate surface area is 99.7 Å². The summed E-state index contributed by atoms with van der Waals surface area (Å²) in [6, 6.07) is -1.68. The van der Waals surface area contributed by atoms with Crippen molar-refractivity contribution in [2.75, 3.05) is 6.61 Å². The first-order valence-corrected chi connectivity index (χ1v) is 5.39. The third-order valence-electron chi connectivity index (χ3n) is 2.62. The molecule has 0 radical (unpaired) electrons. The zero-order valence-electron chi connectivity index (χ0n) is 9.60. The fourth-order valence-electron chi connectivity index (χ4n) is 1.61. The van der Waals surface area contributed by atoms with Gasteiger partial charge in [0.1, 0.15) is 6.04 Å². The standard InChI is InChI=1S/C11H16N2O4/c1-3-4-9(10(14)15)13-11(16)12-8-5-6-17-7(8)2/h1,7-9H,4-6H2,2H3,(H,14,15)(H2,12,13,16). The number of hydrogen-bond acceptors (Lipinski definition) is 3. The maximum absolute atomic E-state index is 11.5. The summed E-state index contributed by atoms with van der Waals surface area (Å²) in [6.45, 7) is 2.45. The topological polar surface area (TPSA) is 87.7 Å². The highest BCUT2D eigenvalue weighted by Crippen LogP contribution is 2.12. The monoisotopic (exact) mass is 240 g/mol. The van der Waals surface area contributed by atoms with Crippen LogP contribution in [0.3, 0.4) is 0 Å². The molecule has 6 nitrogen and oxygen atoms in total. The molecule has 0 aliphatic carbocycles. The van der Waals surface area contributed by atoms with Crippen molar-refractivity contribution in [3.63, 3.8) is 0 Å². The minimum absolute atomic E-state index is 0.0422. The first-order chi connectivity index (χ1) is 8.04. The van der Waals surface area contributed by atoms with Crippen LogP contribution in [-0.4, -0.2) is 41.9 Å². The molecule has 0 bridgehead atoms. The van der Waals surface area contributed by atoms with Gasteiger partial charge in [0.15, 0.2) is 0 Å². The van der Waals surface area contributed by atoms with Crippen molar-refractivity contribution in [1.29, 1.82) is 0 Å². The fourth-order valence-corrected chi connectivity index (χ4v) is 1.61. The van der Waals surface area contributed by atoms with Gasteiger partial charge in [0.05, 0.1) is 12.1 Å². The molecule has 1 aliphatic rings. The van der Waals surface area contributed by atoms with E-state index in [2.05, 4.69) is 16.6 Å².